The molecule has 0 amide bonds. The Morgan fingerprint density at radius 2 is 2.00 bits per heavy atom. The molecule has 1 aromatic heterocycles. The van der Waals surface area contributed by atoms with Gasteiger partial charge in [0.05, 0.1) is 6.04 Å². The second-order valence-electron chi connectivity index (χ2n) is 6.14. The number of nitrogens with zero attached hydrogens (tertiary/aromatic N) is 2. The minimum absolute atomic E-state index is 0.0391. The second kappa shape index (κ2) is 4.11. The van der Waals surface area contributed by atoms with Crippen molar-refractivity contribution in [2.45, 2.75) is 51.1 Å². The monoisotopic (exact) mass is 268 g/mol. The van der Waals surface area contributed by atoms with E-state index in [1.165, 1.54) is 36.9 Å². The Morgan fingerprint density at radius 1 is 1.25 bits per heavy atom. The van der Waals surface area contributed by atoms with Gasteiger partial charge in [-0.05, 0) is 38.3 Å². The molecule has 0 N–H and O–H groups in total. The molecule has 1 aromatic carbocycles. The molecule has 2 aliphatic rings. The van der Waals surface area contributed by atoms with E-state index in [2.05, 4.69) is 48.0 Å². The molecule has 1 aliphatic carbocycles. The number of fused-ring (bicyclic) bond motifs is 2. The Morgan fingerprint density at radius 3 is 2.75 bits per heavy atom. The van der Waals surface area contributed by atoms with Crippen LogP contribution in [-0.2, 0) is 5.54 Å². The van der Waals surface area contributed by atoms with E-state index >= 15 is 0 Å². The molecule has 104 valence electrons. The van der Waals surface area contributed by atoms with Gasteiger partial charge in [-0.15, -0.1) is 0 Å². The van der Waals surface area contributed by atoms with E-state index < -0.39 is 0 Å². The number of benzene rings is 1. The van der Waals surface area contributed by atoms with Crippen molar-refractivity contribution < 1.29 is 4.42 Å². The van der Waals surface area contributed by atoms with Gasteiger partial charge in [0.2, 0.25) is 0 Å². The van der Waals surface area contributed by atoms with Crippen LogP contribution in [0.25, 0.3) is 0 Å². The van der Waals surface area contributed by atoms with Crippen LogP contribution in [0.3, 0.4) is 0 Å². The highest BCUT2D eigenvalue weighted by molar-refractivity contribution is 5.61. The predicted molar refractivity (Wildman–Crippen MR) is 78.7 cm³/mol. The summed E-state index contributed by atoms with van der Waals surface area (Å²) >= 11 is 0. The van der Waals surface area contributed by atoms with Crippen LogP contribution in [0.15, 0.2) is 35.1 Å². The summed E-state index contributed by atoms with van der Waals surface area (Å²) in [4.78, 5) is 7.06. The van der Waals surface area contributed by atoms with Gasteiger partial charge < -0.3 is 9.32 Å². The zero-order valence-electron chi connectivity index (χ0n) is 12.1. The quantitative estimate of drug-likeness (QED) is 0.770. The second-order valence-corrected chi connectivity index (χ2v) is 6.14. The van der Waals surface area contributed by atoms with Crippen LogP contribution < -0.4 is 4.90 Å². The van der Waals surface area contributed by atoms with Gasteiger partial charge in [0.25, 0.3) is 0 Å². The molecule has 1 fully saturated rings. The standard InChI is InChI=1S/C17H20N2O/c1-12-7-3-4-8-14(12)19-13(2)15-16(20-11-18-15)17(19)9-5-6-10-17/h3-4,7-8,11,13H,5-6,9-10H2,1-2H3. The topological polar surface area (TPSA) is 29.3 Å². The van der Waals surface area contributed by atoms with Gasteiger partial charge in [-0.2, -0.15) is 0 Å². The minimum Gasteiger partial charge on any atom is -0.446 e. The van der Waals surface area contributed by atoms with Crippen molar-refractivity contribution in [2.75, 3.05) is 4.90 Å². The van der Waals surface area contributed by atoms with Gasteiger partial charge >= 0.3 is 0 Å². The van der Waals surface area contributed by atoms with Crippen LogP contribution in [0.2, 0.25) is 0 Å². The third kappa shape index (κ3) is 1.38. The van der Waals surface area contributed by atoms with Crippen LogP contribution in [-0.4, -0.2) is 4.98 Å². The molecule has 1 atom stereocenters. The van der Waals surface area contributed by atoms with Gasteiger partial charge in [0.15, 0.2) is 12.2 Å². The minimum atomic E-state index is 0.0391. The molecular weight excluding hydrogens is 248 g/mol. The molecule has 0 bridgehead atoms. The lowest BCUT2D eigenvalue weighted by Gasteiger charge is -2.39. The lowest BCUT2D eigenvalue weighted by molar-refractivity contribution is 0.334. The van der Waals surface area contributed by atoms with Crippen molar-refractivity contribution >= 4 is 5.69 Å². The molecule has 0 saturated heterocycles. The normalized spacial score (nSPS) is 23.5. The van der Waals surface area contributed by atoms with Crippen molar-refractivity contribution in [2.24, 2.45) is 0 Å². The van der Waals surface area contributed by atoms with Crippen molar-refractivity contribution in [1.29, 1.82) is 0 Å². The lowest BCUT2D eigenvalue weighted by Crippen LogP contribution is -2.40. The Bertz CT molecular complexity index is 640. The number of para-hydroxylation sites is 1. The molecule has 1 spiro atoms. The largest absolute Gasteiger partial charge is 0.446 e. The summed E-state index contributed by atoms with van der Waals surface area (Å²) in [6.45, 7) is 4.44. The maximum atomic E-state index is 5.82. The van der Waals surface area contributed by atoms with E-state index in [1.54, 1.807) is 6.39 Å². The van der Waals surface area contributed by atoms with Gasteiger partial charge in [-0.1, -0.05) is 31.0 Å². The van der Waals surface area contributed by atoms with Crippen LogP contribution in [0.4, 0.5) is 5.69 Å². The van der Waals surface area contributed by atoms with Gasteiger partial charge in [0, 0.05) is 5.69 Å². The Kier molecular flexibility index (Phi) is 2.47. The lowest BCUT2D eigenvalue weighted by atomic mass is 9.93. The molecular formula is C17H20N2O. The number of hydrogen-bond acceptors (Lipinski definition) is 3. The number of rotatable bonds is 1. The van der Waals surface area contributed by atoms with E-state index in [1.807, 2.05) is 0 Å². The van der Waals surface area contributed by atoms with E-state index in [0.717, 1.165) is 11.5 Å². The smallest absolute Gasteiger partial charge is 0.181 e. The molecule has 1 unspecified atom stereocenters. The van der Waals surface area contributed by atoms with Crippen molar-refractivity contribution in [3.05, 3.63) is 47.7 Å². The first-order valence-corrected chi connectivity index (χ1v) is 7.53. The highest BCUT2D eigenvalue weighted by Gasteiger charge is 2.54. The number of oxazole rings is 1. The zero-order chi connectivity index (χ0) is 13.7. The van der Waals surface area contributed by atoms with E-state index in [4.69, 9.17) is 4.42 Å². The molecule has 3 heteroatoms. The average Bonchev–Trinajstić information content (AvgIpc) is 3.12. The maximum Gasteiger partial charge on any atom is 0.181 e. The zero-order valence-corrected chi connectivity index (χ0v) is 12.1. The molecule has 20 heavy (non-hydrogen) atoms. The Hall–Kier alpha value is -1.77. The predicted octanol–water partition coefficient (Wildman–Crippen LogP) is 4.33. The summed E-state index contributed by atoms with van der Waals surface area (Å²) in [6.07, 6.45) is 6.52. The third-order valence-electron chi connectivity index (χ3n) is 5.07. The first-order chi connectivity index (χ1) is 9.74. The Labute approximate surface area is 119 Å². The van der Waals surface area contributed by atoms with E-state index in [-0.39, 0.29) is 5.54 Å². The number of hydrogen-bond donors (Lipinski definition) is 0. The fourth-order valence-electron chi connectivity index (χ4n) is 4.20. The molecule has 2 aromatic rings. The Balaban J connectivity index is 1.91. The van der Waals surface area contributed by atoms with Crippen LogP contribution in [0, 0.1) is 6.92 Å². The highest BCUT2D eigenvalue weighted by atomic mass is 16.3. The SMILES string of the molecule is Cc1ccccc1N1C(C)c2ncoc2C12CCCC2. The van der Waals surface area contributed by atoms with Gasteiger partial charge in [-0.3, -0.25) is 0 Å². The average molecular weight is 268 g/mol. The summed E-state index contributed by atoms with van der Waals surface area (Å²) in [6, 6.07) is 8.96. The summed E-state index contributed by atoms with van der Waals surface area (Å²) in [5.41, 5.74) is 3.83. The molecule has 2 heterocycles. The van der Waals surface area contributed by atoms with Crippen molar-refractivity contribution in [3.63, 3.8) is 0 Å². The highest BCUT2D eigenvalue weighted by Crippen LogP contribution is 2.56. The first kappa shape index (κ1) is 12.0. The molecule has 1 aliphatic heterocycles. The van der Waals surface area contributed by atoms with Crippen LogP contribution >= 0.6 is 0 Å². The van der Waals surface area contributed by atoms with E-state index in [9.17, 15) is 0 Å². The van der Waals surface area contributed by atoms with Crippen molar-refractivity contribution in [3.8, 4) is 0 Å². The molecule has 4 rings (SSSR count). The summed E-state index contributed by atoms with van der Waals surface area (Å²) in [7, 11) is 0. The third-order valence-corrected chi connectivity index (χ3v) is 5.07. The maximum absolute atomic E-state index is 5.82. The fraction of sp³-hybridized carbons (Fsp3) is 0.471. The molecule has 3 nitrogen and oxygen atoms in total. The molecule has 0 radical (unpaired) electrons. The van der Waals surface area contributed by atoms with Gasteiger partial charge in [0.1, 0.15) is 11.2 Å². The number of anilines is 1. The fourth-order valence-corrected chi connectivity index (χ4v) is 4.20. The van der Waals surface area contributed by atoms with Gasteiger partial charge in [-0.25, -0.2) is 4.98 Å². The van der Waals surface area contributed by atoms with E-state index in [0.29, 0.717) is 6.04 Å². The summed E-state index contributed by atoms with van der Waals surface area (Å²) in [5.74, 6) is 1.12. The number of aryl methyl sites for hydroxylation is 1. The van der Waals surface area contributed by atoms with Crippen LogP contribution in [0.5, 0.6) is 0 Å². The first-order valence-electron chi connectivity index (χ1n) is 7.53. The number of aromatic nitrogens is 1. The van der Waals surface area contributed by atoms with Crippen molar-refractivity contribution in [1.82, 2.24) is 4.98 Å². The molecule has 1 saturated carbocycles. The van der Waals surface area contributed by atoms with Crippen LogP contribution in [0.1, 0.15) is 55.7 Å². The summed E-state index contributed by atoms with van der Waals surface area (Å²) < 4.78 is 5.82. The summed E-state index contributed by atoms with van der Waals surface area (Å²) in [5, 5.41) is 0.